The second-order valence-electron chi connectivity index (χ2n) is 4.86. The van der Waals surface area contributed by atoms with E-state index in [-0.39, 0.29) is 5.91 Å². The third-order valence-corrected chi connectivity index (χ3v) is 3.09. The molecule has 0 aromatic carbocycles. The Balaban J connectivity index is 2.28. The average Bonchev–Trinajstić information content (AvgIpc) is 2.76. The van der Waals surface area contributed by atoms with Crippen LogP contribution in [0.3, 0.4) is 0 Å². The van der Waals surface area contributed by atoms with Gasteiger partial charge < -0.3 is 9.30 Å². The van der Waals surface area contributed by atoms with E-state index in [1.165, 1.54) is 0 Å². The maximum absolute atomic E-state index is 12.5. The summed E-state index contributed by atoms with van der Waals surface area (Å²) in [6.07, 6.45) is 5.78. The minimum Gasteiger partial charge on any atom is -0.339 e. The molecule has 1 amide bonds. The molecule has 0 aliphatic rings. The average molecular weight is 259 g/mol. The van der Waals surface area contributed by atoms with Gasteiger partial charge in [0.05, 0.1) is 11.3 Å². The molecule has 4 nitrogen and oxygen atoms in total. The SMILES string of the molecule is CCCN(CCC)C(=O)c1ccc2nc(C)cn2c1. The zero-order valence-electron chi connectivity index (χ0n) is 11.9. The monoisotopic (exact) mass is 259 g/mol. The molecule has 2 heterocycles. The van der Waals surface area contributed by atoms with E-state index in [4.69, 9.17) is 0 Å². The number of carbonyl (C=O) groups is 1. The quantitative estimate of drug-likeness (QED) is 0.828. The number of aromatic nitrogens is 2. The van der Waals surface area contributed by atoms with Gasteiger partial charge in [0.2, 0.25) is 0 Å². The Morgan fingerprint density at radius 2 is 1.89 bits per heavy atom. The van der Waals surface area contributed by atoms with E-state index in [2.05, 4.69) is 18.8 Å². The van der Waals surface area contributed by atoms with Gasteiger partial charge in [-0.05, 0) is 31.9 Å². The van der Waals surface area contributed by atoms with Crippen molar-refractivity contribution in [1.29, 1.82) is 0 Å². The Hall–Kier alpha value is -1.84. The van der Waals surface area contributed by atoms with Gasteiger partial charge in [-0.25, -0.2) is 4.98 Å². The molecule has 0 radical (unpaired) electrons. The Morgan fingerprint density at radius 1 is 1.21 bits per heavy atom. The summed E-state index contributed by atoms with van der Waals surface area (Å²) in [5.41, 5.74) is 2.57. The fourth-order valence-electron chi connectivity index (χ4n) is 2.28. The Labute approximate surface area is 114 Å². The van der Waals surface area contributed by atoms with E-state index >= 15 is 0 Å². The van der Waals surface area contributed by atoms with Crippen molar-refractivity contribution in [3.05, 3.63) is 35.8 Å². The van der Waals surface area contributed by atoms with Gasteiger partial charge in [-0.3, -0.25) is 4.79 Å². The molecule has 0 saturated carbocycles. The molecule has 0 fully saturated rings. The number of aryl methyl sites for hydroxylation is 1. The van der Waals surface area contributed by atoms with Crippen LogP contribution in [-0.4, -0.2) is 33.3 Å². The summed E-state index contributed by atoms with van der Waals surface area (Å²) >= 11 is 0. The van der Waals surface area contributed by atoms with Crippen LogP contribution >= 0.6 is 0 Å². The van der Waals surface area contributed by atoms with Gasteiger partial charge >= 0.3 is 0 Å². The number of nitrogens with zero attached hydrogens (tertiary/aromatic N) is 3. The van der Waals surface area contributed by atoms with Gasteiger partial charge in [0.15, 0.2) is 0 Å². The zero-order valence-corrected chi connectivity index (χ0v) is 11.9. The fourth-order valence-corrected chi connectivity index (χ4v) is 2.28. The largest absolute Gasteiger partial charge is 0.339 e. The van der Waals surface area contributed by atoms with Gasteiger partial charge in [-0.2, -0.15) is 0 Å². The van der Waals surface area contributed by atoms with Crippen molar-refractivity contribution < 1.29 is 4.79 Å². The zero-order chi connectivity index (χ0) is 13.8. The van der Waals surface area contributed by atoms with E-state index < -0.39 is 0 Å². The highest BCUT2D eigenvalue weighted by Crippen LogP contribution is 2.10. The standard InChI is InChI=1S/C15H21N3O/c1-4-8-17(9-5-2)15(19)13-6-7-14-16-12(3)10-18(14)11-13/h6-7,10-11H,4-5,8-9H2,1-3H3. The molecule has 102 valence electrons. The lowest BCUT2D eigenvalue weighted by atomic mass is 10.2. The van der Waals surface area contributed by atoms with Gasteiger partial charge in [0.25, 0.3) is 5.91 Å². The number of fused-ring (bicyclic) bond motifs is 1. The first-order valence-electron chi connectivity index (χ1n) is 6.90. The van der Waals surface area contributed by atoms with Crippen molar-refractivity contribution in [3.8, 4) is 0 Å². The topological polar surface area (TPSA) is 37.6 Å². The van der Waals surface area contributed by atoms with Crippen LogP contribution in [-0.2, 0) is 0 Å². The van der Waals surface area contributed by atoms with E-state index in [1.807, 2.05) is 40.8 Å². The molecule has 4 heteroatoms. The molecule has 0 bridgehead atoms. The first kappa shape index (κ1) is 13.6. The van der Waals surface area contributed by atoms with Crippen molar-refractivity contribution in [1.82, 2.24) is 14.3 Å². The number of pyridine rings is 1. The number of rotatable bonds is 5. The van der Waals surface area contributed by atoms with E-state index in [1.54, 1.807) is 0 Å². The molecule has 19 heavy (non-hydrogen) atoms. The molecule has 2 aromatic rings. The lowest BCUT2D eigenvalue weighted by molar-refractivity contribution is 0.0755. The first-order valence-corrected chi connectivity index (χ1v) is 6.90. The minimum absolute atomic E-state index is 0.108. The van der Waals surface area contributed by atoms with Crippen LogP contribution in [0.25, 0.3) is 5.65 Å². The maximum atomic E-state index is 12.5. The summed E-state index contributed by atoms with van der Waals surface area (Å²) in [5.74, 6) is 0.108. The highest BCUT2D eigenvalue weighted by molar-refractivity contribution is 5.94. The van der Waals surface area contributed by atoms with Gasteiger partial charge in [0.1, 0.15) is 5.65 Å². The van der Waals surface area contributed by atoms with Crippen LogP contribution in [0.2, 0.25) is 0 Å². The summed E-state index contributed by atoms with van der Waals surface area (Å²) in [4.78, 5) is 18.8. The second-order valence-corrected chi connectivity index (χ2v) is 4.86. The van der Waals surface area contributed by atoms with Crippen molar-refractivity contribution >= 4 is 11.6 Å². The van der Waals surface area contributed by atoms with Crippen LogP contribution in [0.5, 0.6) is 0 Å². The summed E-state index contributed by atoms with van der Waals surface area (Å²) in [6, 6.07) is 3.76. The number of hydrogen-bond acceptors (Lipinski definition) is 2. The van der Waals surface area contributed by atoms with Crippen molar-refractivity contribution in [2.75, 3.05) is 13.1 Å². The summed E-state index contributed by atoms with van der Waals surface area (Å²) in [7, 11) is 0. The van der Waals surface area contributed by atoms with E-state index in [0.717, 1.165) is 42.8 Å². The number of amides is 1. The smallest absolute Gasteiger partial charge is 0.255 e. The maximum Gasteiger partial charge on any atom is 0.255 e. The number of imidazole rings is 1. The van der Waals surface area contributed by atoms with E-state index in [0.29, 0.717) is 0 Å². The fraction of sp³-hybridized carbons (Fsp3) is 0.467. The van der Waals surface area contributed by atoms with Crippen LogP contribution in [0.15, 0.2) is 24.5 Å². The Bertz CT molecular complexity index is 568. The third kappa shape index (κ3) is 2.95. The molecule has 0 saturated heterocycles. The summed E-state index contributed by atoms with van der Waals surface area (Å²) < 4.78 is 1.92. The number of hydrogen-bond donors (Lipinski definition) is 0. The van der Waals surface area contributed by atoms with Crippen molar-refractivity contribution in [3.63, 3.8) is 0 Å². The molecule has 0 spiro atoms. The minimum atomic E-state index is 0.108. The van der Waals surface area contributed by atoms with Crippen LogP contribution < -0.4 is 0 Å². The highest BCUT2D eigenvalue weighted by atomic mass is 16.2. The lowest BCUT2D eigenvalue weighted by Crippen LogP contribution is -2.32. The molecule has 0 aliphatic heterocycles. The lowest BCUT2D eigenvalue weighted by Gasteiger charge is -2.21. The van der Waals surface area contributed by atoms with Crippen LogP contribution in [0, 0.1) is 6.92 Å². The molecule has 0 aliphatic carbocycles. The normalized spacial score (nSPS) is 10.9. The molecule has 2 aromatic heterocycles. The molecular weight excluding hydrogens is 238 g/mol. The van der Waals surface area contributed by atoms with Crippen molar-refractivity contribution in [2.24, 2.45) is 0 Å². The molecule has 0 atom stereocenters. The summed E-state index contributed by atoms with van der Waals surface area (Å²) in [6.45, 7) is 7.77. The predicted octanol–water partition coefficient (Wildman–Crippen LogP) is 2.90. The van der Waals surface area contributed by atoms with Gasteiger partial charge in [0, 0.05) is 25.5 Å². The summed E-state index contributed by atoms with van der Waals surface area (Å²) in [5, 5.41) is 0. The third-order valence-electron chi connectivity index (χ3n) is 3.09. The van der Waals surface area contributed by atoms with Crippen LogP contribution in [0.4, 0.5) is 0 Å². The second kappa shape index (κ2) is 5.87. The van der Waals surface area contributed by atoms with E-state index in [9.17, 15) is 4.79 Å². The molecule has 0 unspecified atom stereocenters. The van der Waals surface area contributed by atoms with Gasteiger partial charge in [-0.1, -0.05) is 13.8 Å². The predicted molar refractivity (Wildman–Crippen MR) is 76.4 cm³/mol. The van der Waals surface area contributed by atoms with Crippen LogP contribution in [0.1, 0.15) is 42.7 Å². The Morgan fingerprint density at radius 3 is 2.53 bits per heavy atom. The number of carbonyl (C=O) groups excluding carboxylic acids is 1. The van der Waals surface area contributed by atoms with Crippen molar-refractivity contribution in [2.45, 2.75) is 33.6 Å². The molecule has 0 N–H and O–H groups in total. The molecule has 2 rings (SSSR count). The highest BCUT2D eigenvalue weighted by Gasteiger charge is 2.14. The first-order chi connectivity index (χ1) is 9.15. The molecular formula is C15H21N3O. The Kier molecular flexibility index (Phi) is 4.20. The van der Waals surface area contributed by atoms with Gasteiger partial charge in [-0.15, -0.1) is 0 Å².